The van der Waals surface area contributed by atoms with Gasteiger partial charge in [-0.3, -0.25) is 4.79 Å². The van der Waals surface area contributed by atoms with Crippen molar-refractivity contribution in [2.24, 2.45) is 5.92 Å². The van der Waals surface area contributed by atoms with E-state index in [1.165, 1.54) is 12.1 Å². The van der Waals surface area contributed by atoms with E-state index in [0.29, 0.717) is 25.1 Å². The van der Waals surface area contributed by atoms with Gasteiger partial charge in [0.25, 0.3) is 0 Å². The third-order valence-electron chi connectivity index (χ3n) is 4.77. The number of amides is 1. The van der Waals surface area contributed by atoms with Crippen molar-refractivity contribution in [3.8, 4) is 0 Å². The first-order chi connectivity index (χ1) is 10.9. The van der Waals surface area contributed by atoms with E-state index in [1.54, 1.807) is 18.1 Å². The minimum atomic E-state index is -4.34. The number of benzene rings is 1. The van der Waals surface area contributed by atoms with E-state index < -0.39 is 11.7 Å². The Morgan fingerprint density at radius 2 is 2.13 bits per heavy atom. The van der Waals surface area contributed by atoms with E-state index in [1.807, 2.05) is 0 Å². The van der Waals surface area contributed by atoms with Gasteiger partial charge in [0.15, 0.2) is 0 Å². The molecule has 1 aromatic carbocycles. The lowest BCUT2D eigenvalue weighted by Gasteiger charge is -2.32. The number of hydrogen-bond acceptors (Lipinski definition) is 2. The standard InChI is InChI=1S/C17H20F3NO2/c1-23-13-6-3-7-21(10-13)16(22)15-9-14(15)11-4-2-5-12(8-11)17(18,19)20/h2,4-5,8,13-15H,3,6-7,9-10H2,1H3/t13-,14+,15+/m1/s1. The minimum Gasteiger partial charge on any atom is -0.380 e. The molecule has 0 radical (unpaired) electrons. The molecular weight excluding hydrogens is 307 g/mol. The van der Waals surface area contributed by atoms with Gasteiger partial charge in [-0.05, 0) is 36.8 Å². The first-order valence-electron chi connectivity index (χ1n) is 7.89. The van der Waals surface area contributed by atoms with Crippen molar-refractivity contribution in [3.63, 3.8) is 0 Å². The molecule has 0 aromatic heterocycles. The summed E-state index contributed by atoms with van der Waals surface area (Å²) < 4.78 is 43.7. The highest BCUT2D eigenvalue weighted by Crippen LogP contribution is 2.49. The summed E-state index contributed by atoms with van der Waals surface area (Å²) in [7, 11) is 1.64. The quantitative estimate of drug-likeness (QED) is 0.851. The molecule has 1 aromatic rings. The first kappa shape index (κ1) is 16.3. The SMILES string of the molecule is CO[C@@H]1CCCN(C(=O)[C@H]2C[C@H]2c2cccc(C(F)(F)F)c2)C1. The van der Waals surface area contributed by atoms with Crippen LogP contribution in [0.15, 0.2) is 24.3 Å². The highest BCUT2D eigenvalue weighted by atomic mass is 19.4. The number of nitrogens with zero attached hydrogens (tertiary/aromatic N) is 1. The summed E-state index contributed by atoms with van der Waals surface area (Å²) >= 11 is 0. The Hall–Kier alpha value is -1.56. The molecular formula is C17H20F3NO2. The fourth-order valence-corrected chi connectivity index (χ4v) is 3.35. The highest BCUT2D eigenvalue weighted by Gasteiger charge is 2.46. The number of carbonyl (C=O) groups is 1. The summed E-state index contributed by atoms with van der Waals surface area (Å²) in [5, 5.41) is 0. The number of likely N-dealkylation sites (tertiary alicyclic amines) is 1. The normalized spacial score (nSPS) is 27.8. The Balaban J connectivity index is 1.66. The summed E-state index contributed by atoms with van der Waals surface area (Å²) in [5.74, 6) is -0.226. The van der Waals surface area contributed by atoms with Crippen LogP contribution < -0.4 is 0 Å². The zero-order valence-corrected chi connectivity index (χ0v) is 13.0. The number of ether oxygens (including phenoxy) is 1. The average Bonchev–Trinajstić information content (AvgIpc) is 3.34. The molecule has 1 amide bonds. The van der Waals surface area contributed by atoms with Gasteiger partial charge in [0.1, 0.15) is 0 Å². The molecule has 0 bridgehead atoms. The molecule has 3 rings (SSSR count). The highest BCUT2D eigenvalue weighted by molar-refractivity contribution is 5.83. The predicted molar refractivity (Wildman–Crippen MR) is 78.9 cm³/mol. The van der Waals surface area contributed by atoms with E-state index in [0.717, 1.165) is 18.9 Å². The van der Waals surface area contributed by atoms with Crippen LogP contribution in [0, 0.1) is 5.92 Å². The predicted octanol–water partition coefficient (Wildman–Crippen LogP) is 3.45. The van der Waals surface area contributed by atoms with Crippen LogP contribution in [-0.2, 0) is 15.7 Å². The molecule has 0 N–H and O–H groups in total. The Labute approximate surface area is 133 Å². The van der Waals surface area contributed by atoms with Gasteiger partial charge in [-0.15, -0.1) is 0 Å². The number of hydrogen-bond donors (Lipinski definition) is 0. The van der Waals surface area contributed by atoms with E-state index in [2.05, 4.69) is 0 Å². The molecule has 3 atom stereocenters. The minimum absolute atomic E-state index is 0.0501. The zero-order valence-electron chi connectivity index (χ0n) is 13.0. The molecule has 126 valence electrons. The van der Waals surface area contributed by atoms with Crippen LogP contribution in [0.2, 0.25) is 0 Å². The summed E-state index contributed by atoms with van der Waals surface area (Å²) in [4.78, 5) is 14.3. The fourth-order valence-electron chi connectivity index (χ4n) is 3.35. The Kier molecular flexibility index (Phi) is 4.36. The molecule has 1 aliphatic heterocycles. The summed E-state index contributed by atoms with van der Waals surface area (Å²) in [6.07, 6.45) is -1.79. The number of alkyl halides is 3. The zero-order chi connectivity index (χ0) is 16.6. The van der Waals surface area contributed by atoms with Crippen LogP contribution >= 0.6 is 0 Å². The maximum absolute atomic E-state index is 12.8. The Morgan fingerprint density at radius 3 is 2.83 bits per heavy atom. The smallest absolute Gasteiger partial charge is 0.380 e. The monoisotopic (exact) mass is 327 g/mol. The van der Waals surface area contributed by atoms with Crippen LogP contribution in [0.4, 0.5) is 13.2 Å². The molecule has 2 aliphatic rings. The average molecular weight is 327 g/mol. The number of rotatable bonds is 3. The van der Waals surface area contributed by atoms with Crippen LogP contribution in [0.25, 0.3) is 0 Å². The molecule has 0 unspecified atom stereocenters. The van der Waals surface area contributed by atoms with E-state index >= 15 is 0 Å². The topological polar surface area (TPSA) is 29.5 Å². The molecule has 6 heteroatoms. The van der Waals surface area contributed by atoms with Crippen LogP contribution in [0.3, 0.4) is 0 Å². The van der Waals surface area contributed by atoms with Gasteiger partial charge in [-0.2, -0.15) is 13.2 Å². The van der Waals surface area contributed by atoms with Crippen molar-refractivity contribution in [2.75, 3.05) is 20.2 Å². The molecule has 2 fully saturated rings. The third kappa shape index (κ3) is 3.52. The van der Waals surface area contributed by atoms with Gasteiger partial charge in [0.2, 0.25) is 5.91 Å². The molecule has 0 spiro atoms. The van der Waals surface area contributed by atoms with Crippen molar-refractivity contribution in [2.45, 2.75) is 37.5 Å². The first-order valence-corrected chi connectivity index (χ1v) is 7.89. The second kappa shape index (κ2) is 6.15. The second-order valence-corrected chi connectivity index (χ2v) is 6.36. The number of halogens is 3. The van der Waals surface area contributed by atoms with Gasteiger partial charge in [-0.1, -0.05) is 18.2 Å². The summed E-state index contributed by atoms with van der Waals surface area (Å²) in [5.41, 5.74) is -0.0380. The van der Waals surface area contributed by atoms with Gasteiger partial charge in [0.05, 0.1) is 11.7 Å². The third-order valence-corrected chi connectivity index (χ3v) is 4.77. The Bertz CT molecular complexity index is 587. The van der Waals surface area contributed by atoms with E-state index in [9.17, 15) is 18.0 Å². The summed E-state index contributed by atoms with van der Waals surface area (Å²) in [6.45, 7) is 1.30. The van der Waals surface area contributed by atoms with Gasteiger partial charge >= 0.3 is 6.18 Å². The lowest BCUT2D eigenvalue weighted by atomic mass is 10.0. The molecule has 1 heterocycles. The molecule has 1 saturated carbocycles. The maximum atomic E-state index is 12.8. The van der Waals surface area contributed by atoms with Crippen LogP contribution in [0.1, 0.15) is 36.3 Å². The molecule has 1 aliphatic carbocycles. The number of carbonyl (C=O) groups excluding carboxylic acids is 1. The lowest BCUT2D eigenvalue weighted by Crippen LogP contribution is -2.43. The van der Waals surface area contributed by atoms with Crippen molar-refractivity contribution < 1.29 is 22.7 Å². The van der Waals surface area contributed by atoms with Gasteiger partial charge in [0, 0.05) is 26.1 Å². The number of methoxy groups -OCH3 is 1. The van der Waals surface area contributed by atoms with Crippen molar-refractivity contribution >= 4 is 5.91 Å². The van der Waals surface area contributed by atoms with Crippen molar-refractivity contribution in [3.05, 3.63) is 35.4 Å². The maximum Gasteiger partial charge on any atom is 0.416 e. The van der Waals surface area contributed by atoms with E-state index in [-0.39, 0.29) is 23.8 Å². The molecule has 1 saturated heterocycles. The van der Waals surface area contributed by atoms with Crippen molar-refractivity contribution in [1.82, 2.24) is 4.90 Å². The Morgan fingerprint density at radius 1 is 1.35 bits per heavy atom. The molecule has 23 heavy (non-hydrogen) atoms. The van der Waals surface area contributed by atoms with Gasteiger partial charge < -0.3 is 9.64 Å². The second-order valence-electron chi connectivity index (χ2n) is 6.36. The van der Waals surface area contributed by atoms with Crippen LogP contribution in [-0.4, -0.2) is 37.1 Å². The number of piperidine rings is 1. The van der Waals surface area contributed by atoms with E-state index in [4.69, 9.17) is 4.74 Å². The summed E-state index contributed by atoms with van der Waals surface area (Å²) in [6, 6.07) is 5.34. The molecule has 3 nitrogen and oxygen atoms in total. The fraction of sp³-hybridized carbons (Fsp3) is 0.588. The van der Waals surface area contributed by atoms with Crippen molar-refractivity contribution in [1.29, 1.82) is 0 Å². The van der Waals surface area contributed by atoms with Crippen LogP contribution in [0.5, 0.6) is 0 Å². The lowest BCUT2D eigenvalue weighted by molar-refractivity contribution is -0.137. The van der Waals surface area contributed by atoms with Gasteiger partial charge in [-0.25, -0.2) is 0 Å². The largest absolute Gasteiger partial charge is 0.416 e.